The van der Waals surface area contributed by atoms with Crippen LogP contribution in [0.4, 0.5) is 0 Å². The van der Waals surface area contributed by atoms with Crippen LogP contribution in [-0.4, -0.2) is 29.8 Å². The van der Waals surface area contributed by atoms with E-state index >= 15 is 0 Å². The fraction of sp³-hybridized carbons (Fsp3) is 0.214. The lowest BCUT2D eigenvalue weighted by atomic mass is 10.3. The fourth-order valence-corrected chi connectivity index (χ4v) is 3.41. The van der Waals surface area contributed by atoms with E-state index in [4.69, 9.17) is 9.52 Å². The molecule has 1 atom stereocenters. The monoisotopic (exact) mass is 309 g/mol. The second-order valence-corrected chi connectivity index (χ2v) is 6.35. The molecule has 0 saturated carbocycles. The van der Waals surface area contributed by atoms with Gasteiger partial charge in [-0.25, -0.2) is 8.42 Å². The molecule has 1 heterocycles. The molecule has 1 aromatic carbocycles. The van der Waals surface area contributed by atoms with E-state index in [1.807, 2.05) is 0 Å². The van der Waals surface area contributed by atoms with Gasteiger partial charge in [0.05, 0.1) is 17.7 Å². The summed E-state index contributed by atoms with van der Waals surface area (Å²) in [6.45, 7) is 1.18. The molecule has 2 rings (SSSR count). The molecule has 0 radical (unpaired) electrons. The van der Waals surface area contributed by atoms with E-state index in [0.717, 1.165) is 4.31 Å². The Morgan fingerprint density at radius 1 is 1.24 bits per heavy atom. The standard InChI is InChI=1S/C14H15NO5S/c1-11(14(16)17)15(10-12-6-5-9-20-12)21(18,19)13-7-3-2-4-8-13/h2-9,11H,10H2,1H3,(H,16,17). The van der Waals surface area contributed by atoms with Gasteiger partial charge in [-0.1, -0.05) is 18.2 Å². The molecule has 0 saturated heterocycles. The second-order valence-electron chi connectivity index (χ2n) is 4.46. The highest BCUT2D eigenvalue weighted by Gasteiger charge is 2.33. The minimum absolute atomic E-state index is 0.0460. The topological polar surface area (TPSA) is 87.8 Å². The van der Waals surface area contributed by atoms with Gasteiger partial charge < -0.3 is 9.52 Å². The highest BCUT2D eigenvalue weighted by molar-refractivity contribution is 7.89. The lowest BCUT2D eigenvalue weighted by Crippen LogP contribution is -2.42. The lowest BCUT2D eigenvalue weighted by molar-refractivity contribution is -0.141. The summed E-state index contributed by atoms with van der Waals surface area (Å²) < 4.78 is 31.3. The van der Waals surface area contributed by atoms with Crippen LogP contribution >= 0.6 is 0 Å². The number of hydrogen-bond donors (Lipinski definition) is 1. The Labute approximate surface area is 122 Å². The Morgan fingerprint density at radius 2 is 1.90 bits per heavy atom. The zero-order chi connectivity index (χ0) is 15.5. The molecule has 7 heteroatoms. The number of nitrogens with zero attached hydrogens (tertiary/aromatic N) is 1. The maximum absolute atomic E-state index is 12.6. The number of aliphatic carboxylic acids is 1. The number of sulfonamides is 1. The Bertz CT molecular complexity index is 694. The van der Waals surface area contributed by atoms with Crippen LogP contribution < -0.4 is 0 Å². The summed E-state index contributed by atoms with van der Waals surface area (Å²) in [5.41, 5.74) is 0. The number of carbonyl (C=O) groups is 1. The van der Waals surface area contributed by atoms with Gasteiger partial charge in [0, 0.05) is 0 Å². The van der Waals surface area contributed by atoms with E-state index in [0.29, 0.717) is 5.76 Å². The van der Waals surface area contributed by atoms with Crippen LogP contribution in [0.5, 0.6) is 0 Å². The molecule has 1 unspecified atom stereocenters. The van der Waals surface area contributed by atoms with Crippen LogP contribution in [0.25, 0.3) is 0 Å². The molecule has 6 nitrogen and oxygen atoms in total. The minimum atomic E-state index is -3.93. The van der Waals surface area contributed by atoms with Gasteiger partial charge >= 0.3 is 5.97 Å². The Kier molecular flexibility index (Phi) is 4.44. The van der Waals surface area contributed by atoms with E-state index in [1.54, 1.807) is 30.3 Å². The van der Waals surface area contributed by atoms with Crippen LogP contribution in [0.15, 0.2) is 58.0 Å². The Hall–Kier alpha value is -2.12. The smallest absolute Gasteiger partial charge is 0.321 e. The van der Waals surface area contributed by atoms with Crippen molar-refractivity contribution in [3.05, 3.63) is 54.5 Å². The summed E-state index contributed by atoms with van der Waals surface area (Å²) in [5, 5.41) is 9.15. The van der Waals surface area contributed by atoms with Crippen molar-refractivity contribution < 1.29 is 22.7 Å². The average Bonchev–Trinajstić information content (AvgIpc) is 2.98. The first-order chi connectivity index (χ1) is 9.93. The van der Waals surface area contributed by atoms with Crippen molar-refractivity contribution >= 4 is 16.0 Å². The maximum Gasteiger partial charge on any atom is 0.321 e. The molecular formula is C14H15NO5S. The summed E-state index contributed by atoms with van der Waals surface area (Å²) in [4.78, 5) is 11.3. The van der Waals surface area contributed by atoms with Crippen molar-refractivity contribution in [3.63, 3.8) is 0 Å². The normalized spacial score (nSPS) is 13.2. The molecule has 0 fully saturated rings. The van der Waals surface area contributed by atoms with Crippen molar-refractivity contribution in [2.45, 2.75) is 24.4 Å². The molecular weight excluding hydrogens is 294 g/mol. The predicted octanol–water partition coefficient (Wildman–Crippen LogP) is 1.94. The van der Waals surface area contributed by atoms with E-state index in [2.05, 4.69) is 0 Å². The third-order valence-electron chi connectivity index (χ3n) is 3.03. The van der Waals surface area contributed by atoms with Gasteiger partial charge in [-0.05, 0) is 31.2 Å². The molecule has 0 aliphatic carbocycles. The molecule has 1 N–H and O–H groups in total. The summed E-state index contributed by atoms with van der Waals surface area (Å²) in [6.07, 6.45) is 1.41. The zero-order valence-electron chi connectivity index (χ0n) is 11.3. The molecule has 0 bridgehead atoms. The highest BCUT2D eigenvalue weighted by Crippen LogP contribution is 2.21. The maximum atomic E-state index is 12.6. The number of hydrogen-bond acceptors (Lipinski definition) is 4. The van der Waals surface area contributed by atoms with Gasteiger partial charge in [-0.2, -0.15) is 4.31 Å². The number of rotatable bonds is 6. The summed E-state index contributed by atoms with van der Waals surface area (Å²) >= 11 is 0. The predicted molar refractivity (Wildman–Crippen MR) is 75.0 cm³/mol. The van der Waals surface area contributed by atoms with Crippen molar-refractivity contribution in [2.24, 2.45) is 0 Å². The van der Waals surface area contributed by atoms with Crippen molar-refractivity contribution in [3.8, 4) is 0 Å². The Morgan fingerprint density at radius 3 is 2.43 bits per heavy atom. The third kappa shape index (κ3) is 3.32. The summed E-state index contributed by atoms with van der Waals surface area (Å²) in [7, 11) is -3.93. The second kappa shape index (κ2) is 6.11. The first-order valence-corrected chi connectivity index (χ1v) is 7.69. The third-order valence-corrected chi connectivity index (χ3v) is 4.96. The van der Waals surface area contributed by atoms with Gasteiger partial charge in [0.1, 0.15) is 11.8 Å². The van der Waals surface area contributed by atoms with Crippen LogP contribution in [0.3, 0.4) is 0 Å². The summed E-state index contributed by atoms with van der Waals surface area (Å²) in [6, 6.07) is 9.73. The average molecular weight is 309 g/mol. The molecule has 0 aliphatic rings. The number of benzene rings is 1. The first kappa shape index (κ1) is 15.3. The number of carboxylic acid groups (broad SMARTS) is 1. The molecule has 0 amide bonds. The van der Waals surface area contributed by atoms with Crippen molar-refractivity contribution in [1.29, 1.82) is 0 Å². The number of furan rings is 1. The zero-order valence-corrected chi connectivity index (χ0v) is 12.2. The summed E-state index contributed by atoms with van der Waals surface area (Å²) in [5.74, 6) is -0.844. The van der Waals surface area contributed by atoms with Gasteiger partial charge in [-0.15, -0.1) is 0 Å². The van der Waals surface area contributed by atoms with E-state index in [1.165, 1.54) is 25.3 Å². The quantitative estimate of drug-likeness (QED) is 0.881. The minimum Gasteiger partial charge on any atom is -0.480 e. The van der Waals surface area contributed by atoms with Gasteiger partial charge in [0.25, 0.3) is 0 Å². The molecule has 112 valence electrons. The molecule has 0 spiro atoms. The van der Waals surface area contributed by atoms with Crippen molar-refractivity contribution in [1.82, 2.24) is 4.31 Å². The van der Waals surface area contributed by atoms with Gasteiger partial charge in [0.2, 0.25) is 10.0 Å². The Balaban J connectivity index is 2.41. The van der Waals surface area contributed by atoms with Gasteiger partial charge in [-0.3, -0.25) is 4.79 Å². The van der Waals surface area contributed by atoms with E-state index < -0.39 is 22.0 Å². The fourth-order valence-electron chi connectivity index (χ4n) is 1.84. The molecule has 0 aliphatic heterocycles. The molecule has 2 aromatic rings. The largest absolute Gasteiger partial charge is 0.480 e. The van der Waals surface area contributed by atoms with Crippen LogP contribution in [0.2, 0.25) is 0 Å². The van der Waals surface area contributed by atoms with Crippen molar-refractivity contribution in [2.75, 3.05) is 0 Å². The SMILES string of the molecule is CC(C(=O)O)N(Cc1ccco1)S(=O)(=O)c1ccccc1. The lowest BCUT2D eigenvalue weighted by Gasteiger charge is -2.24. The highest BCUT2D eigenvalue weighted by atomic mass is 32.2. The van der Waals surface area contributed by atoms with Crippen LogP contribution in [0.1, 0.15) is 12.7 Å². The number of carboxylic acids is 1. The van der Waals surface area contributed by atoms with E-state index in [-0.39, 0.29) is 11.4 Å². The molecule has 1 aromatic heterocycles. The van der Waals surface area contributed by atoms with Crippen LogP contribution in [-0.2, 0) is 21.4 Å². The van der Waals surface area contributed by atoms with Gasteiger partial charge in [0.15, 0.2) is 0 Å². The molecule has 21 heavy (non-hydrogen) atoms. The van der Waals surface area contributed by atoms with Crippen LogP contribution in [0, 0.1) is 0 Å². The van der Waals surface area contributed by atoms with E-state index in [9.17, 15) is 13.2 Å². The first-order valence-electron chi connectivity index (χ1n) is 6.25.